The molecule has 3 nitrogen and oxygen atoms in total. The predicted molar refractivity (Wildman–Crippen MR) is 78.1 cm³/mol. The second-order valence-electron chi connectivity index (χ2n) is 4.08. The van der Waals surface area contributed by atoms with E-state index in [4.69, 9.17) is 11.6 Å². The fourth-order valence-corrected chi connectivity index (χ4v) is 3.60. The summed E-state index contributed by atoms with van der Waals surface area (Å²) in [7, 11) is -3.76. The first-order chi connectivity index (χ1) is 9.46. The lowest BCUT2D eigenvalue weighted by Crippen LogP contribution is -2.30. The van der Waals surface area contributed by atoms with Crippen LogP contribution in [0, 0.1) is 5.82 Å². The molecule has 0 aliphatic rings. The van der Waals surface area contributed by atoms with Crippen LogP contribution in [-0.4, -0.2) is 15.0 Å². The van der Waals surface area contributed by atoms with E-state index in [0.717, 1.165) is 12.1 Å². The van der Waals surface area contributed by atoms with Crippen molar-refractivity contribution in [1.82, 2.24) is 0 Å². The lowest BCUT2D eigenvalue weighted by atomic mass is 10.3. The van der Waals surface area contributed by atoms with E-state index in [-0.39, 0.29) is 16.5 Å². The zero-order chi connectivity index (χ0) is 14.8. The number of nitrogens with zero attached hydrogens (tertiary/aromatic N) is 1. The Hall–Kier alpha value is -1.59. The molecule has 0 saturated heterocycles. The van der Waals surface area contributed by atoms with Crippen molar-refractivity contribution >= 4 is 27.3 Å². The topological polar surface area (TPSA) is 37.4 Å². The normalized spacial score (nSPS) is 11.3. The molecule has 6 heteroatoms. The van der Waals surface area contributed by atoms with Gasteiger partial charge in [0.05, 0.1) is 15.6 Å². The van der Waals surface area contributed by atoms with E-state index in [1.807, 2.05) is 0 Å². The summed E-state index contributed by atoms with van der Waals surface area (Å²) >= 11 is 5.66. The molecule has 0 aromatic heterocycles. The van der Waals surface area contributed by atoms with E-state index in [9.17, 15) is 12.8 Å². The van der Waals surface area contributed by atoms with Gasteiger partial charge in [0.15, 0.2) is 0 Å². The highest BCUT2D eigenvalue weighted by Gasteiger charge is 2.24. The standard InChI is InChI=1S/C14H13ClFNO2S/c1-2-17(11-6-4-3-5-7-11)20(18,19)12-8-9-14(16)13(15)10-12/h3-10H,2H2,1H3. The average Bonchev–Trinajstić information content (AvgIpc) is 2.43. The quantitative estimate of drug-likeness (QED) is 0.863. The number of para-hydroxylation sites is 1. The first-order valence-corrected chi connectivity index (χ1v) is 7.81. The minimum Gasteiger partial charge on any atom is -0.267 e. The Morgan fingerprint density at radius 1 is 1.15 bits per heavy atom. The summed E-state index contributed by atoms with van der Waals surface area (Å²) in [6, 6.07) is 12.1. The van der Waals surface area contributed by atoms with Crippen molar-refractivity contribution in [1.29, 1.82) is 0 Å². The van der Waals surface area contributed by atoms with Crippen molar-refractivity contribution in [2.45, 2.75) is 11.8 Å². The maximum Gasteiger partial charge on any atom is 0.264 e. The smallest absolute Gasteiger partial charge is 0.264 e. The number of rotatable bonds is 4. The van der Waals surface area contributed by atoms with Crippen molar-refractivity contribution in [3.05, 3.63) is 59.4 Å². The third-order valence-electron chi connectivity index (χ3n) is 2.81. The van der Waals surface area contributed by atoms with Crippen LogP contribution >= 0.6 is 11.6 Å². The number of benzene rings is 2. The molecule has 0 unspecified atom stereocenters. The van der Waals surface area contributed by atoms with Crippen molar-refractivity contribution in [2.75, 3.05) is 10.8 Å². The van der Waals surface area contributed by atoms with Crippen LogP contribution in [0.25, 0.3) is 0 Å². The molecule has 0 bridgehead atoms. The molecule has 0 fully saturated rings. The summed E-state index contributed by atoms with van der Waals surface area (Å²) < 4.78 is 39.5. The molecule has 0 aliphatic heterocycles. The van der Waals surface area contributed by atoms with Crippen LogP contribution in [0.3, 0.4) is 0 Å². The Labute approximate surface area is 122 Å². The van der Waals surface area contributed by atoms with Crippen molar-refractivity contribution in [3.8, 4) is 0 Å². The molecule has 0 amide bonds. The van der Waals surface area contributed by atoms with Crippen LogP contribution in [0.2, 0.25) is 5.02 Å². The second kappa shape index (κ2) is 5.81. The van der Waals surface area contributed by atoms with Crippen LogP contribution in [0.4, 0.5) is 10.1 Å². The van der Waals surface area contributed by atoms with E-state index in [1.54, 1.807) is 37.3 Å². The molecule has 0 spiro atoms. The Balaban J connectivity index is 2.50. The van der Waals surface area contributed by atoms with Gasteiger partial charge >= 0.3 is 0 Å². The molecule has 0 N–H and O–H groups in total. The summed E-state index contributed by atoms with van der Waals surface area (Å²) in [5.74, 6) is -0.645. The number of sulfonamides is 1. The van der Waals surface area contributed by atoms with E-state index < -0.39 is 15.8 Å². The predicted octanol–water partition coefficient (Wildman–Crippen LogP) is 3.69. The lowest BCUT2D eigenvalue weighted by Gasteiger charge is -2.23. The third kappa shape index (κ3) is 2.78. The van der Waals surface area contributed by atoms with Crippen LogP contribution in [0.1, 0.15) is 6.92 Å². The van der Waals surface area contributed by atoms with E-state index in [1.165, 1.54) is 10.4 Å². The van der Waals surface area contributed by atoms with E-state index >= 15 is 0 Å². The number of anilines is 1. The van der Waals surface area contributed by atoms with Crippen LogP contribution in [-0.2, 0) is 10.0 Å². The summed E-state index contributed by atoms with van der Waals surface area (Å²) in [4.78, 5) is -0.0328. The molecule has 20 heavy (non-hydrogen) atoms. The zero-order valence-corrected chi connectivity index (χ0v) is 12.3. The summed E-state index contributed by atoms with van der Waals surface area (Å²) in [5.41, 5.74) is 0.551. The summed E-state index contributed by atoms with van der Waals surface area (Å²) in [6.45, 7) is 2.00. The average molecular weight is 314 g/mol. The van der Waals surface area contributed by atoms with Crippen molar-refractivity contribution in [2.24, 2.45) is 0 Å². The molecule has 2 aromatic rings. The van der Waals surface area contributed by atoms with Crippen molar-refractivity contribution < 1.29 is 12.8 Å². The van der Waals surface area contributed by atoms with Crippen LogP contribution < -0.4 is 4.31 Å². The molecule has 2 aromatic carbocycles. The molecule has 0 radical (unpaired) electrons. The fraction of sp³-hybridized carbons (Fsp3) is 0.143. The first-order valence-electron chi connectivity index (χ1n) is 5.99. The van der Waals surface area contributed by atoms with Gasteiger partial charge in [-0.15, -0.1) is 0 Å². The molecule has 0 saturated carbocycles. The zero-order valence-electron chi connectivity index (χ0n) is 10.8. The molecule has 0 atom stereocenters. The van der Waals surface area contributed by atoms with Crippen molar-refractivity contribution in [3.63, 3.8) is 0 Å². The van der Waals surface area contributed by atoms with Gasteiger partial charge in [-0.1, -0.05) is 29.8 Å². The monoisotopic (exact) mass is 313 g/mol. The Morgan fingerprint density at radius 3 is 2.35 bits per heavy atom. The molecule has 0 aliphatic carbocycles. The molecule has 106 valence electrons. The number of halogens is 2. The Morgan fingerprint density at radius 2 is 1.80 bits per heavy atom. The first kappa shape index (κ1) is 14.8. The van der Waals surface area contributed by atoms with E-state index in [0.29, 0.717) is 5.69 Å². The largest absolute Gasteiger partial charge is 0.267 e. The second-order valence-corrected chi connectivity index (χ2v) is 6.35. The summed E-state index contributed by atoms with van der Waals surface area (Å²) in [5, 5.41) is -0.213. The van der Waals surface area contributed by atoms with Gasteiger partial charge in [-0.2, -0.15) is 0 Å². The maximum absolute atomic E-state index is 13.2. The van der Waals surface area contributed by atoms with Gasteiger partial charge in [-0.25, -0.2) is 12.8 Å². The number of hydrogen-bond donors (Lipinski definition) is 0. The molecular formula is C14H13ClFNO2S. The summed E-state index contributed by atoms with van der Waals surface area (Å²) in [6.07, 6.45) is 0. The Bertz CT molecular complexity index is 704. The van der Waals surface area contributed by atoms with Crippen LogP contribution in [0.5, 0.6) is 0 Å². The minimum atomic E-state index is -3.76. The van der Waals surface area contributed by atoms with Gasteiger partial charge in [-0.3, -0.25) is 4.31 Å². The number of hydrogen-bond acceptors (Lipinski definition) is 2. The van der Waals surface area contributed by atoms with Gasteiger partial charge < -0.3 is 0 Å². The van der Waals surface area contributed by atoms with Gasteiger partial charge in [0.2, 0.25) is 0 Å². The van der Waals surface area contributed by atoms with Gasteiger partial charge in [-0.05, 0) is 37.3 Å². The fourth-order valence-electron chi connectivity index (χ4n) is 1.85. The molecular weight excluding hydrogens is 301 g/mol. The van der Waals surface area contributed by atoms with Crippen LogP contribution in [0.15, 0.2) is 53.4 Å². The lowest BCUT2D eigenvalue weighted by molar-refractivity contribution is 0.590. The van der Waals surface area contributed by atoms with Gasteiger partial charge in [0.1, 0.15) is 5.82 Å². The highest BCUT2D eigenvalue weighted by Crippen LogP contribution is 2.26. The minimum absolute atomic E-state index is 0.0328. The van der Waals surface area contributed by atoms with E-state index in [2.05, 4.69) is 0 Å². The van der Waals surface area contributed by atoms with Gasteiger partial charge in [0, 0.05) is 6.54 Å². The molecule has 2 rings (SSSR count). The highest BCUT2D eigenvalue weighted by atomic mass is 35.5. The Kier molecular flexibility index (Phi) is 4.30. The highest BCUT2D eigenvalue weighted by molar-refractivity contribution is 7.92. The van der Waals surface area contributed by atoms with Gasteiger partial charge in [0.25, 0.3) is 10.0 Å². The molecule has 0 heterocycles. The third-order valence-corrected chi connectivity index (χ3v) is 5.00. The maximum atomic E-state index is 13.2. The SMILES string of the molecule is CCN(c1ccccc1)S(=O)(=O)c1ccc(F)c(Cl)c1.